The number of hydrogen-bond acceptors (Lipinski definition) is 3. The zero-order valence-electron chi connectivity index (χ0n) is 29.9. The van der Waals surface area contributed by atoms with Gasteiger partial charge in [0.25, 0.3) is 0 Å². The Hall–Kier alpha value is -7.43. The lowest BCUT2D eigenvalue weighted by atomic mass is 9.94. The highest BCUT2D eigenvalue weighted by Gasteiger charge is 2.15. The summed E-state index contributed by atoms with van der Waals surface area (Å²) in [4.78, 5) is 15.1. The second-order valence-electron chi connectivity index (χ2n) is 13.7. The van der Waals surface area contributed by atoms with E-state index >= 15 is 0 Å². The van der Waals surface area contributed by atoms with Gasteiger partial charge in [-0.2, -0.15) is 0 Å². The van der Waals surface area contributed by atoms with Crippen LogP contribution in [0.25, 0.3) is 95.0 Å². The van der Waals surface area contributed by atoms with Gasteiger partial charge in [0.1, 0.15) is 5.82 Å². The first-order valence-electron chi connectivity index (χ1n) is 18.5. The van der Waals surface area contributed by atoms with E-state index in [1.807, 2.05) is 48.5 Å². The molecule has 2 aromatic heterocycles. The van der Waals surface area contributed by atoms with Gasteiger partial charge >= 0.3 is 0 Å². The smallest absolute Gasteiger partial charge is 0.160 e. The van der Waals surface area contributed by atoms with Gasteiger partial charge in [-0.3, -0.25) is 4.57 Å². The maximum absolute atomic E-state index is 5.07. The van der Waals surface area contributed by atoms with Gasteiger partial charge in [-0.1, -0.05) is 170 Å². The number of imidazole rings is 1. The molecule has 0 radical (unpaired) electrons. The minimum Gasteiger partial charge on any atom is -0.292 e. The van der Waals surface area contributed by atoms with E-state index < -0.39 is 0 Å². The molecule has 4 nitrogen and oxygen atoms in total. The van der Waals surface area contributed by atoms with Crippen LogP contribution in [0.2, 0.25) is 0 Å². The van der Waals surface area contributed by atoms with Gasteiger partial charge in [-0.25, -0.2) is 15.0 Å². The maximum atomic E-state index is 5.07. The molecule has 258 valence electrons. The molecule has 0 N–H and O–H groups in total. The second-order valence-corrected chi connectivity index (χ2v) is 13.7. The summed E-state index contributed by atoms with van der Waals surface area (Å²) in [6.07, 6.45) is 0. The number of aromatic nitrogens is 4. The molecule has 10 aromatic rings. The Morgan fingerprint density at radius 3 is 1.64 bits per heavy atom. The van der Waals surface area contributed by atoms with Gasteiger partial charge in [0.2, 0.25) is 0 Å². The minimum atomic E-state index is 0.713. The van der Waals surface area contributed by atoms with E-state index in [1.165, 1.54) is 21.9 Å². The van der Waals surface area contributed by atoms with Crippen molar-refractivity contribution >= 4 is 21.8 Å². The van der Waals surface area contributed by atoms with Crippen molar-refractivity contribution in [2.24, 2.45) is 0 Å². The maximum Gasteiger partial charge on any atom is 0.160 e. The molecule has 0 atom stereocenters. The highest BCUT2D eigenvalue weighted by atomic mass is 15.1. The predicted octanol–water partition coefficient (Wildman–Crippen LogP) is 13.0. The summed E-state index contributed by atoms with van der Waals surface area (Å²) in [5.74, 6) is 1.64. The first-order valence-corrected chi connectivity index (χ1v) is 18.5. The van der Waals surface area contributed by atoms with E-state index in [4.69, 9.17) is 15.0 Å². The van der Waals surface area contributed by atoms with E-state index in [9.17, 15) is 0 Å². The molecule has 0 bridgehead atoms. The summed E-state index contributed by atoms with van der Waals surface area (Å²) >= 11 is 0. The van der Waals surface area contributed by atoms with Crippen molar-refractivity contribution in [1.82, 2.24) is 19.5 Å². The van der Waals surface area contributed by atoms with Crippen LogP contribution in [0.5, 0.6) is 0 Å². The van der Waals surface area contributed by atoms with E-state index in [1.54, 1.807) is 0 Å². The van der Waals surface area contributed by atoms with Gasteiger partial charge in [0, 0.05) is 27.9 Å². The fraction of sp³-hybridized carbons (Fsp3) is 0. The van der Waals surface area contributed by atoms with Crippen LogP contribution in [0.4, 0.5) is 0 Å². The van der Waals surface area contributed by atoms with Gasteiger partial charge < -0.3 is 0 Å². The molecule has 0 saturated carbocycles. The number of benzene rings is 8. The summed E-state index contributed by atoms with van der Waals surface area (Å²) < 4.78 is 2.24. The second kappa shape index (κ2) is 13.8. The Morgan fingerprint density at radius 2 is 0.909 bits per heavy atom. The third-order valence-electron chi connectivity index (χ3n) is 10.3. The van der Waals surface area contributed by atoms with Crippen molar-refractivity contribution in [1.29, 1.82) is 0 Å². The van der Waals surface area contributed by atoms with Gasteiger partial charge in [0.05, 0.1) is 22.4 Å². The number of rotatable bonds is 7. The lowest BCUT2D eigenvalue weighted by Gasteiger charge is -2.12. The average molecular weight is 703 g/mol. The van der Waals surface area contributed by atoms with Crippen LogP contribution in [-0.4, -0.2) is 19.5 Å². The van der Waals surface area contributed by atoms with Crippen LogP contribution in [0.3, 0.4) is 0 Å². The van der Waals surface area contributed by atoms with E-state index in [0.717, 1.165) is 67.3 Å². The monoisotopic (exact) mass is 702 g/mol. The summed E-state index contributed by atoms with van der Waals surface area (Å²) in [6, 6.07) is 72.2. The molecule has 8 aromatic carbocycles. The first-order chi connectivity index (χ1) is 27.2. The van der Waals surface area contributed by atoms with Crippen molar-refractivity contribution in [3.05, 3.63) is 206 Å². The molecular weight excluding hydrogens is 669 g/mol. The number of para-hydroxylation sites is 3. The average Bonchev–Trinajstić information content (AvgIpc) is 3.67. The Balaban J connectivity index is 0.991. The Kier molecular flexibility index (Phi) is 8.12. The highest BCUT2D eigenvalue weighted by molar-refractivity contribution is 5.99. The fourth-order valence-electron chi connectivity index (χ4n) is 7.46. The molecular formula is C51H34N4. The zero-order chi connectivity index (χ0) is 36.6. The molecule has 4 heteroatoms. The third kappa shape index (κ3) is 6.16. The molecule has 0 aliphatic rings. The van der Waals surface area contributed by atoms with Crippen LogP contribution in [-0.2, 0) is 0 Å². The molecule has 2 heterocycles. The molecule has 0 amide bonds. The Bertz CT molecular complexity index is 2880. The Labute approximate surface area is 319 Å². The number of fused-ring (bicyclic) bond motifs is 2. The molecule has 0 fully saturated rings. The fourth-order valence-corrected chi connectivity index (χ4v) is 7.46. The lowest BCUT2D eigenvalue weighted by molar-refractivity contribution is 1.10. The van der Waals surface area contributed by atoms with Gasteiger partial charge in [0.15, 0.2) is 5.82 Å². The van der Waals surface area contributed by atoms with E-state index in [-0.39, 0.29) is 0 Å². The largest absolute Gasteiger partial charge is 0.292 e. The summed E-state index contributed by atoms with van der Waals surface area (Å²) in [5.41, 5.74) is 13.8. The summed E-state index contributed by atoms with van der Waals surface area (Å²) in [6.45, 7) is 0. The molecule has 0 aliphatic carbocycles. The minimum absolute atomic E-state index is 0.713. The standard InChI is InChI=1S/C51H34N4/c1-4-13-38(14-5-1)47-34-48(53-50(52-47)40-15-6-2-7-16-40)39-28-25-37(26-29-39)44-20-12-17-36-27-32-42(33-45(36)44)35-23-30-41(31-24-35)51-54-46-21-10-11-22-49(46)55(51)43-18-8-3-9-19-43/h1-34H. The number of hydrogen-bond donors (Lipinski definition) is 0. The normalized spacial score (nSPS) is 11.3. The first kappa shape index (κ1) is 32.2. The summed E-state index contributed by atoms with van der Waals surface area (Å²) in [7, 11) is 0. The molecule has 55 heavy (non-hydrogen) atoms. The van der Waals surface area contributed by atoms with Gasteiger partial charge in [-0.05, 0) is 69.4 Å². The SMILES string of the molecule is c1ccc(-c2cc(-c3ccc(-c4cccc5ccc(-c6ccc(-c7nc8ccccc8n7-c7ccccc7)cc6)cc45)cc3)nc(-c3ccccc3)n2)cc1. The van der Waals surface area contributed by atoms with Crippen molar-refractivity contribution < 1.29 is 0 Å². The van der Waals surface area contributed by atoms with Crippen LogP contribution in [0.1, 0.15) is 0 Å². The predicted molar refractivity (Wildman–Crippen MR) is 227 cm³/mol. The molecule has 0 spiro atoms. The van der Waals surface area contributed by atoms with E-state index in [2.05, 4.69) is 162 Å². The summed E-state index contributed by atoms with van der Waals surface area (Å²) in [5, 5.41) is 2.41. The molecule has 0 saturated heterocycles. The topological polar surface area (TPSA) is 43.6 Å². The lowest BCUT2D eigenvalue weighted by Crippen LogP contribution is -1.97. The molecule has 0 unspecified atom stereocenters. The van der Waals surface area contributed by atoms with Crippen molar-refractivity contribution in [3.8, 4) is 73.2 Å². The van der Waals surface area contributed by atoms with Gasteiger partial charge in [-0.15, -0.1) is 0 Å². The third-order valence-corrected chi connectivity index (χ3v) is 10.3. The van der Waals surface area contributed by atoms with Crippen LogP contribution in [0, 0.1) is 0 Å². The zero-order valence-corrected chi connectivity index (χ0v) is 29.9. The quantitative estimate of drug-likeness (QED) is 0.166. The van der Waals surface area contributed by atoms with Crippen LogP contribution >= 0.6 is 0 Å². The highest BCUT2D eigenvalue weighted by Crippen LogP contribution is 2.36. The molecule has 0 aliphatic heterocycles. The number of nitrogens with zero attached hydrogens (tertiary/aromatic N) is 4. The van der Waals surface area contributed by atoms with E-state index in [0.29, 0.717) is 5.82 Å². The van der Waals surface area contributed by atoms with Crippen LogP contribution < -0.4 is 0 Å². The molecule has 10 rings (SSSR count). The van der Waals surface area contributed by atoms with Crippen LogP contribution in [0.15, 0.2) is 206 Å². The van der Waals surface area contributed by atoms with Crippen molar-refractivity contribution in [2.45, 2.75) is 0 Å². The van der Waals surface area contributed by atoms with Crippen molar-refractivity contribution in [2.75, 3.05) is 0 Å². The Morgan fingerprint density at radius 1 is 0.345 bits per heavy atom. The van der Waals surface area contributed by atoms with Crippen molar-refractivity contribution in [3.63, 3.8) is 0 Å².